The molecule has 0 unspecified atom stereocenters. The Balaban J connectivity index is 0. The Bertz CT molecular complexity index is 94.0. The molecular weight excluding hydrogens is 159 g/mol. The predicted molar refractivity (Wildman–Crippen MR) is 55.5 cm³/mol. The van der Waals surface area contributed by atoms with Gasteiger partial charge in [-0.2, -0.15) is 0 Å². The molecule has 2 heteroatoms. The van der Waals surface area contributed by atoms with Gasteiger partial charge in [-0.1, -0.05) is 41.5 Å². The second kappa shape index (κ2) is 5.64. The Morgan fingerprint density at radius 2 is 1.00 bits per heavy atom. The maximum absolute atomic E-state index is 5.56. The standard InChI is InChI=1S/C10H22O.Na/c1-9(2,3)7-11-8-10(4,5)6;/h7-8H2,1-6H3;. The summed E-state index contributed by atoms with van der Waals surface area (Å²) in [5.74, 6) is 0. The van der Waals surface area contributed by atoms with Crippen molar-refractivity contribution in [2.45, 2.75) is 41.5 Å². The van der Waals surface area contributed by atoms with E-state index in [4.69, 9.17) is 4.74 Å². The first kappa shape index (κ1) is 15.4. The second-order valence-electron chi connectivity index (χ2n) is 5.61. The van der Waals surface area contributed by atoms with Crippen molar-refractivity contribution in [3.63, 3.8) is 0 Å². The van der Waals surface area contributed by atoms with E-state index in [0.29, 0.717) is 10.8 Å². The number of ether oxygens (including phenoxy) is 1. The van der Waals surface area contributed by atoms with Gasteiger partial charge in [0.05, 0.1) is 13.2 Å². The van der Waals surface area contributed by atoms with Crippen LogP contribution in [-0.4, -0.2) is 42.8 Å². The SMILES string of the molecule is CC(C)(C)COCC(C)(C)C.[Na]. The zero-order valence-electron chi connectivity index (χ0n) is 9.82. The molecule has 0 aliphatic rings. The molecule has 69 valence electrons. The molecule has 0 fully saturated rings. The van der Waals surface area contributed by atoms with Gasteiger partial charge in [0.2, 0.25) is 0 Å². The summed E-state index contributed by atoms with van der Waals surface area (Å²) >= 11 is 0. The molecular formula is C10H22NaO. The van der Waals surface area contributed by atoms with Gasteiger partial charge in [-0.25, -0.2) is 0 Å². The van der Waals surface area contributed by atoms with E-state index in [1.807, 2.05) is 0 Å². The minimum absolute atomic E-state index is 0. The van der Waals surface area contributed by atoms with E-state index >= 15 is 0 Å². The minimum atomic E-state index is 0. The van der Waals surface area contributed by atoms with Crippen LogP contribution in [0, 0.1) is 10.8 Å². The average Bonchev–Trinajstić information content (AvgIpc) is 1.55. The molecule has 0 N–H and O–H groups in total. The molecule has 0 rings (SSSR count). The van der Waals surface area contributed by atoms with Crippen LogP contribution < -0.4 is 0 Å². The molecule has 0 saturated carbocycles. The molecule has 1 radical (unpaired) electrons. The Morgan fingerprint density at radius 1 is 0.750 bits per heavy atom. The smallest absolute Gasteiger partial charge is 0.0514 e. The van der Waals surface area contributed by atoms with Crippen LogP contribution in [0.2, 0.25) is 0 Å². The van der Waals surface area contributed by atoms with Crippen molar-refractivity contribution in [3.05, 3.63) is 0 Å². The molecule has 0 aliphatic carbocycles. The third kappa shape index (κ3) is 13.5. The van der Waals surface area contributed by atoms with E-state index in [1.165, 1.54) is 0 Å². The molecule has 0 atom stereocenters. The number of hydrogen-bond acceptors (Lipinski definition) is 1. The van der Waals surface area contributed by atoms with E-state index < -0.39 is 0 Å². The van der Waals surface area contributed by atoms with Gasteiger partial charge in [0.1, 0.15) is 0 Å². The summed E-state index contributed by atoms with van der Waals surface area (Å²) in [6.45, 7) is 14.8. The Kier molecular flexibility index (Phi) is 7.25. The van der Waals surface area contributed by atoms with Crippen LogP contribution >= 0.6 is 0 Å². The van der Waals surface area contributed by atoms with Crippen LogP contribution in [0.4, 0.5) is 0 Å². The van der Waals surface area contributed by atoms with Crippen LogP contribution in [-0.2, 0) is 4.74 Å². The van der Waals surface area contributed by atoms with E-state index in [1.54, 1.807) is 0 Å². The molecule has 0 bridgehead atoms. The van der Waals surface area contributed by atoms with Crippen molar-refractivity contribution >= 4 is 29.6 Å². The van der Waals surface area contributed by atoms with Gasteiger partial charge in [-0.05, 0) is 10.8 Å². The minimum Gasteiger partial charge on any atom is -0.380 e. The molecule has 1 nitrogen and oxygen atoms in total. The third-order valence-corrected chi connectivity index (χ3v) is 1.07. The molecule has 0 spiro atoms. The van der Waals surface area contributed by atoms with Gasteiger partial charge < -0.3 is 4.74 Å². The topological polar surface area (TPSA) is 9.23 Å². The molecule has 12 heavy (non-hydrogen) atoms. The van der Waals surface area contributed by atoms with Crippen LogP contribution in [0.15, 0.2) is 0 Å². The van der Waals surface area contributed by atoms with Gasteiger partial charge in [0.15, 0.2) is 0 Å². The number of hydrogen-bond donors (Lipinski definition) is 0. The summed E-state index contributed by atoms with van der Waals surface area (Å²) < 4.78 is 5.56. The van der Waals surface area contributed by atoms with Crippen molar-refractivity contribution in [2.24, 2.45) is 10.8 Å². The Labute approximate surface area is 99.6 Å². The van der Waals surface area contributed by atoms with Gasteiger partial charge >= 0.3 is 0 Å². The van der Waals surface area contributed by atoms with Crippen LogP contribution in [0.5, 0.6) is 0 Å². The van der Waals surface area contributed by atoms with Crippen LogP contribution in [0.3, 0.4) is 0 Å². The second-order valence-corrected chi connectivity index (χ2v) is 5.61. The molecule has 0 aliphatic heterocycles. The van der Waals surface area contributed by atoms with Crippen molar-refractivity contribution in [1.29, 1.82) is 0 Å². The quantitative estimate of drug-likeness (QED) is 0.595. The maximum Gasteiger partial charge on any atom is 0.0514 e. The molecule has 0 aromatic heterocycles. The van der Waals surface area contributed by atoms with Crippen molar-refractivity contribution in [1.82, 2.24) is 0 Å². The fraction of sp³-hybridized carbons (Fsp3) is 1.00. The van der Waals surface area contributed by atoms with Crippen LogP contribution in [0.25, 0.3) is 0 Å². The van der Waals surface area contributed by atoms with Gasteiger partial charge in [-0.15, -0.1) is 0 Å². The monoisotopic (exact) mass is 181 g/mol. The van der Waals surface area contributed by atoms with Crippen molar-refractivity contribution in [2.75, 3.05) is 13.2 Å². The predicted octanol–water partition coefficient (Wildman–Crippen LogP) is 2.71. The average molecular weight is 181 g/mol. The summed E-state index contributed by atoms with van der Waals surface area (Å²) in [7, 11) is 0. The Hall–Kier alpha value is 0.960. The number of rotatable bonds is 2. The van der Waals surface area contributed by atoms with E-state index in [-0.39, 0.29) is 29.6 Å². The summed E-state index contributed by atoms with van der Waals surface area (Å²) in [5.41, 5.74) is 0.594. The summed E-state index contributed by atoms with van der Waals surface area (Å²) in [6.07, 6.45) is 0. The maximum atomic E-state index is 5.56. The molecule has 0 amide bonds. The van der Waals surface area contributed by atoms with Crippen molar-refractivity contribution in [3.8, 4) is 0 Å². The normalized spacial score (nSPS) is 12.5. The first-order valence-corrected chi connectivity index (χ1v) is 4.28. The van der Waals surface area contributed by atoms with Gasteiger partial charge in [0.25, 0.3) is 0 Å². The fourth-order valence-corrected chi connectivity index (χ4v) is 0.663. The Morgan fingerprint density at radius 3 is 1.17 bits per heavy atom. The van der Waals surface area contributed by atoms with E-state index in [9.17, 15) is 0 Å². The third-order valence-electron chi connectivity index (χ3n) is 1.07. The molecule has 0 aromatic carbocycles. The molecule has 0 saturated heterocycles. The van der Waals surface area contributed by atoms with Crippen LogP contribution in [0.1, 0.15) is 41.5 Å². The zero-order chi connectivity index (χ0) is 9.12. The fourth-order valence-electron chi connectivity index (χ4n) is 0.663. The zero-order valence-corrected chi connectivity index (χ0v) is 11.8. The summed E-state index contributed by atoms with van der Waals surface area (Å²) in [6, 6.07) is 0. The molecule has 0 heterocycles. The van der Waals surface area contributed by atoms with E-state index in [2.05, 4.69) is 41.5 Å². The summed E-state index contributed by atoms with van der Waals surface area (Å²) in [4.78, 5) is 0. The first-order valence-electron chi connectivity index (χ1n) is 4.28. The van der Waals surface area contributed by atoms with Gasteiger partial charge in [-0.3, -0.25) is 0 Å². The summed E-state index contributed by atoms with van der Waals surface area (Å²) in [5, 5.41) is 0. The molecule has 0 aromatic rings. The van der Waals surface area contributed by atoms with Gasteiger partial charge in [0, 0.05) is 29.6 Å². The first-order chi connectivity index (χ1) is 4.71. The van der Waals surface area contributed by atoms with Crippen molar-refractivity contribution < 1.29 is 4.74 Å². The van der Waals surface area contributed by atoms with E-state index in [0.717, 1.165) is 13.2 Å². The largest absolute Gasteiger partial charge is 0.380 e.